The smallest absolute Gasteiger partial charge is 0.268 e. The van der Waals surface area contributed by atoms with Crippen molar-refractivity contribution in [2.24, 2.45) is 7.05 Å². The number of hydrogen-bond donors (Lipinski definition) is 1. The molecule has 0 aliphatic rings. The van der Waals surface area contributed by atoms with Gasteiger partial charge in [-0.05, 0) is 37.1 Å². The Bertz CT molecular complexity index is 704. The SMILES string of the molecule is CC(=O)c1cc(C(=O)NCc2ccc(C)c(F)c2)n(C)c1. The number of ketones is 1. The number of nitrogens with zero attached hydrogens (tertiary/aromatic N) is 1. The third kappa shape index (κ3) is 3.37. The maximum Gasteiger partial charge on any atom is 0.268 e. The lowest BCUT2D eigenvalue weighted by atomic mass is 10.1. The van der Waals surface area contributed by atoms with Crippen molar-refractivity contribution in [2.45, 2.75) is 20.4 Å². The van der Waals surface area contributed by atoms with Gasteiger partial charge in [-0.25, -0.2) is 4.39 Å². The van der Waals surface area contributed by atoms with Crippen LogP contribution in [0.5, 0.6) is 0 Å². The Morgan fingerprint density at radius 1 is 1.29 bits per heavy atom. The molecule has 21 heavy (non-hydrogen) atoms. The van der Waals surface area contributed by atoms with Crippen LogP contribution in [-0.4, -0.2) is 16.3 Å². The van der Waals surface area contributed by atoms with E-state index in [1.165, 1.54) is 13.0 Å². The molecule has 1 aromatic carbocycles. The number of hydrogen-bond acceptors (Lipinski definition) is 2. The fourth-order valence-electron chi connectivity index (χ4n) is 2.00. The Hall–Kier alpha value is -2.43. The van der Waals surface area contributed by atoms with E-state index in [0.717, 1.165) is 0 Å². The van der Waals surface area contributed by atoms with Crippen molar-refractivity contribution in [1.29, 1.82) is 0 Å². The molecule has 4 nitrogen and oxygen atoms in total. The van der Waals surface area contributed by atoms with E-state index in [1.54, 1.807) is 42.9 Å². The monoisotopic (exact) mass is 288 g/mol. The van der Waals surface area contributed by atoms with Gasteiger partial charge >= 0.3 is 0 Å². The van der Waals surface area contributed by atoms with Crippen molar-refractivity contribution in [1.82, 2.24) is 9.88 Å². The van der Waals surface area contributed by atoms with Crippen LogP contribution in [0, 0.1) is 12.7 Å². The highest BCUT2D eigenvalue weighted by molar-refractivity contribution is 5.99. The topological polar surface area (TPSA) is 51.1 Å². The normalized spacial score (nSPS) is 10.5. The summed E-state index contributed by atoms with van der Waals surface area (Å²) in [5.74, 6) is -0.685. The molecular formula is C16H17FN2O2. The summed E-state index contributed by atoms with van der Waals surface area (Å²) in [7, 11) is 1.70. The lowest BCUT2D eigenvalue weighted by molar-refractivity contribution is 0.0942. The predicted molar refractivity (Wildman–Crippen MR) is 77.7 cm³/mol. The van der Waals surface area contributed by atoms with E-state index >= 15 is 0 Å². The zero-order valence-corrected chi connectivity index (χ0v) is 12.2. The first-order chi connectivity index (χ1) is 9.88. The maximum absolute atomic E-state index is 13.4. The van der Waals surface area contributed by atoms with Gasteiger partial charge in [-0.2, -0.15) is 0 Å². The van der Waals surface area contributed by atoms with E-state index in [-0.39, 0.29) is 24.1 Å². The van der Waals surface area contributed by atoms with Gasteiger partial charge in [-0.15, -0.1) is 0 Å². The van der Waals surface area contributed by atoms with Gasteiger partial charge < -0.3 is 9.88 Å². The molecule has 5 heteroatoms. The van der Waals surface area contributed by atoms with E-state index < -0.39 is 0 Å². The molecule has 0 atom stereocenters. The summed E-state index contributed by atoms with van der Waals surface area (Å²) in [5, 5.41) is 2.72. The lowest BCUT2D eigenvalue weighted by Crippen LogP contribution is -2.24. The molecule has 1 amide bonds. The molecule has 0 saturated carbocycles. The van der Waals surface area contributed by atoms with Gasteiger partial charge in [0.15, 0.2) is 5.78 Å². The molecule has 1 aromatic heterocycles. The van der Waals surface area contributed by atoms with Crippen LogP contribution in [0.1, 0.15) is 38.9 Å². The van der Waals surface area contributed by atoms with Crippen molar-refractivity contribution in [3.63, 3.8) is 0 Å². The van der Waals surface area contributed by atoms with Crippen molar-refractivity contribution < 1.29 is 14.0 Å². The summed E-state index contributed by atoms with van der Waals surface area (Å²) in [5.41, 5.74) is 2.14. The zero-order valence-electron chi connectivity index (χ0n) is 12.2. The van der Waals surface area contributed by atoms with Gasteiger partial charge in [0, 0.05) is 25.4 Å². The fraction of sp³-hybridized carbons (Fsp3) is 0.250. The molecule has 0 unspecified atom stereocenters. The van der Waals surface area contributed by atoms with Crippen LogP contribution < -0.4 is 5.32 Å². The predicted octanol–water partition coefficient (Wildman–Crippen LogP) is 2.61. The quantitative estimate of drug-likeness (QED) is 0.879. The van der Waals surface area contributed by atoms with Crippen LogP contribution in [0.15, 0.2) is 30.5 Å². The Kier molecular flexibility index (Phi) is 4.21. The second-order valence-electron chi connectivity index (χ2n) is 5.05. The zero-order chi connectivity index (χ0) is 15.6. The molecule has 1 heterocycles. The molecule has 0 radical (unpaired) electrons. The number of Topliss-reactive ketones (excluding diaryl/α,β-unsaturated/α-hetero) is 1. The number of aromatic nitrogens is 1. The van der Waals surface area contributed by atoms with Gasteiger partial charge in [0.05, 0.1) is 0 Å². The summed E-state index contributed by atoms with van der Waals surface area (Å²) in [6.07, 6.45) is 1.61. The van der Waals surface area contributed by atoms with Gasteiger partial charge in [0.1, 0.15) is 11.5 Å². The van der Waals surface area contributed by atoms with E-state index in [2.05, 4.69) is 5.32 Å². The molecule has 0 aliphatic carbocycles. The number of carbonyl (C=O) groups excluding carboxylic acids is 2. The average Bonchev–Trinajstić information content (AvgIpc) is 2.82. The Labute approximate surface area is 122 Å². The summed E-state index contributed by atoms with van der Waals surface area (Å²) in [6, 6.07) is 6.40. The number of rotatable bonds is 4. The number of halogens is 1. The van der Waals surface area contributed by atoms with Gasteiger partial charge in [0.2, 0.25) is 0 Å². The first-order valence-corrected chi connectivity index (χ1v) is 6.59. The van der Waals surface area contributed by atoms with Crippen LogP contribution in [0.3, 0.4) is 0 Å². The summed E-state index contributed by atoms with van der Waals surface area (Å²) in [4.78, 5) is 23.4. The van der Waals surface area contributed by atoms with E-state index in [1.807, 2.05) is 0 Å². The third-order valence-corrected chi connectivity index (χ3v) is 3.33. The Morgan fingerprint density at radius 2 is 2.00 bits per heavy atom. The van der Waals surface area contributed by atoms with Crippen LogP contribution >= 0.6 is 0 Å². The molecule has 0 saturated heterocycles. The van der Waals surface area contributed by atoms with Gasteiger partial charge in [-0.3, -0.25) is 9.59 Å². The highest BCUT2D eigenvalue weighted by Crippen LogP contribution is 2.11. The van der Waals surface area contributed by atoms with Crippen molar-refractivity contribution in [3.05, 3.63) is 58.7 Å². The summed E-state index contributed by atoms with van der Waals surface area (Å²) >= 11 is 0. The maximum atomic E-state index is 13.4. The van der Waals surface area contributed by atoms with E-state index in [4.69, 9.17) is 0 Å². The molecule has 0 spiro atoms. The van der Waals surface area contributed by atoms with E-state index in [0.29, 0.717) is 22.4 Å². The number of amides is 1. The minimum absolute atomic E-state index is 0.0924. The van der Waals surface area contributed by atoms with Gasteiger partial charge in [-0.1, -0.05) is 12.1 Å². The third-order valence-electron chi connectivity index (χ3n) is 3.33. The number of carbonyl (C=O) groups is 2. The summed E-state index contributed by atoms with van der Waals surface area (Å²) < 4.78 is 15.0. The first-order valence-electron chi connectivity index (χ1n) is 6.59. The van der Waals surface area contributed by atoms with Crippen LogP contribution in [0.2, 0.25) is 0 Å². The minimum atomic E-state index is -0.300. The fourth-order valence-corrected chi connectivity index (χ4v) is 2.00. The second kappa shape index (κ2) is 5.91. The highest BCUT2D eigenvalue weighted by Gasteiger charge is 2.13. The number of aryl methyl sites for hydroxylation is 2. The Balaban J connectivity index is 2.08. The molecule has 110 valence electrons. The van der Waals surface area contributed by atoms with Crippen LogP contribution in [0.25, 0.3) is 0 Å². The summed E-state index contributed by atoms with van der Waals surface area (Å²) in [6.45, 7) is 3.37. The average molecular weight is 288 g/mol. The molecule has 0 fully saturated rings. The van der Waals surface area contributed by atoms with Gasteiger partial charge in [0.25, 0.3) is 5.91 Å². The first kappa shape index (κ1) is 15.0. The van der Waals surface area contributed by atoms with Crippen LogP contribution in [0.4, 0.5) is 4.39 Å². The Morgan fingerprint density at radius 3 is 2.57 bits per heavy atom. The molecule has 2 rings (SSSR count). The van der Waals surface area contributed by atoms with Crippen LogP contribution in [-0.2, 0) is 13.6 Å². The largest absolute Gasteiger partial charge is 0.347 e. The van der Waals surface area contributed by atoms with Crippen molar-refractivity contribution in [2.75, 3.05) is 0 Å². The number of benzene rings is 1. The molecule has 2 aromatic rings. The molecular weight excluding hydrogens is 271 g/mol. The second-order valence-corrected chi connectivity index (χ2v) is 5.05. The number of nitrogens with one attached hydrogen (secondary N) is 1. The molecule has 0 bridgehead atoms. The molecule has 0 aliphatic heterocycles. The van der Waals surface area contributed by atoms with Crippen molar-refractivity contribution >= 4 is 11.7 Å². The highest BCUT2D eigenvalue weighted by atomic mass is 19.1. The lowest BCUT2D eigenvalue weighted by Gasteiger charge is -2.07. The minimum Gasteiger partial charge on any atom is -0.347 e. The van der Waals surface area contributed by atoms with Crippen molar-refractivity contribution in [3.8, 4) is 0 Å². The standard InChI is InChI=1S/C16H17FN2O2/c1-10-4-5-12(6-14(10)17)8-18-16(21)15-7-13(11(2)20)9-19(15)3/h4-7,9H,8H2,1-3H3,(H,18,21). The van der Waals surface area contributed by atoms with E-state index in [9.17, 15) is 14.0 Å². The molecule has 1 N–H and O–H groups in total.